The van der Waals surface area contributed by atoms with E-state index in [1.54, 1.807) is 6.07 Å². The molecule has 104 valence electrons. The quantitative estimate of drug-likeness (QED) is 0.794. The van der Waals surface area contributed by atoms with Crippen molar-refractivity contribution in [2.75, 3.05) is 13.7 Å². The zero-order valence-electron chi connectivity index (χ0n) is 11.3. The number of ether oxygens (including phenoxy) is 1. The van der Waals surface area contributed by atoms with E-state index in [0.717, 1.165) is 31.4 Å². The van der Waals surface area contributed by atoms with Gasteiger partial charge in [-0.1, -0.05) is 18.2 Å². The third-order valence-corrected chi connectivity index (χ3v) is 3.68. The summed E-state index contributed by atoms with van der Waals surface area (Å²) in [7, 11) is 1.40. The van der Waals surface area contributed by atoms with Crippen molar-refractivity contribution in [1.82, 2.24) is 5.32 Å². The first-order chi connectivity index (χ1) is 9.20. The molecule has 0 spiro atoms. The maximum atomic E-state index is 11.6. The molecular weight excluding hydrogens is 242 g/mol. The summed E-state index contributed by atoms with van der Waals surface area (Å²) in [4.78, 5) is 11.6. The minimum absolute atomic E-state index is 0.130. The predicted octanol–water partition coefficient (Wildman–Crippen LogP) is 1.72. The van der Waals surface area contributed by atoms with Crippen LogP contribution in [0, 0.1) is 5.92 Å². The van der Waals surface area contributed by atoms with Crippen LogP contribution < -0.4 is 5.32 Å². The molecule has 2 atom stereocenters. The Morgan fingerprint density at radius 2 is 2.21 bits per heavy atom. The van der Waals surface area contributed by atoms with Crippen molar-refractivity contribution in [3.63, 3.8) is 0 Å². The van der Waals surface area contributed by atoms with Crippen LogP contribution >= 0.6 is 0 Å². The standard InChI is InChI=1S/C15H21NO3/c1-19-15(18)14-5-3-2-4-12(14)10-16-9-11-6-7-13(17)8-11/h2-5,11,13,16-17H,6-10H2,1H3. The fraction of sp³-hybridized carbons (Fsp3) is 0.533. The number of benzene rings is 1. The summed E-state index contributed by atoms with van der Waals surface area (Å²) in [5.41, 5.74) is 1.57. The first-order valence-electron chi connectivity index (χ1n) is 6.75. The third kappa shape index (κ3) is 3.78. The third-order valence-electron chi connectivity index (χ3n) is 3.68. The summed E-state index contributed by atoms with van der Waals surface area (Å²) in [5, 5.41) is 12.8. The Balaban J connectivity index is 1.87. The number of methoxy groups -OCH3 is 1. The second-order valence-electron chi connectivity index (χ2n) is 5.11. The zero-order valence-corrected chi connectivity index (χ0v) is 11.3. The Kier molecular flexibility index (Phi) is 4.93. The van der Waals surface area contributed by atoms with Crippen LogP contribution in [0.25, 0.3) is 0 Å². The van der Waals surface area contributed by atoms with Gasteiger partial charge in [0.25, 0.3) is 0 Å². The van der Waals surface area contributed by atoms with Gasteiger partial charge in [-0.25, -0.2) is 4.79 Å². The van der Waals surface area contributed by atoms with Crippen LogP contribution in [0.3, 0.4) is 0 Å². The monoisotopic (exact) mass is 263 g/mol. The molecule has 0 aromatic heterocycles. The molecule has 1 saturated carbocycles. The van der Waals surface area contributed by atoms with Crippen molar-refractivity contribution in [2.45, 2.75) is 31.9 Å². The van der Waals surface area contributed by atoms with Gasteiger partial charge >= 0.3 is 5.97 Å². The number of hydrogen-bond acceptors (Lipinski definition) is 4. The second kappa shape index (κ2) is 6.68. The van der Waals surface area contributed by atoms with Crippen LogP contribution in [0.2, 0.25) is 0 Å². The number of nitrogens with one attached hydrogen (secondary N) is 1. The highest BCUT2D eigenvalue weighted by Crippen LogP contribution is 2.24. The Morgan fingerprint density at radius 3 is 2.89 bits per heavy atom. The fourth-order valence-electron chi connectivity index (χ4n) is 2.63. The summed E-state index contributed by atoms with van der Waals surface area (Å²) in [6, 6.07) is 7.47. The van der Waals surface area contributed by atoms with Crippen LogP contribution in [0.4, 0.5) is 0 Å². The van der Waals surface area contributed by atoms with Crippen LogP contribution in [-0.2, 0) is 11.3 Å². The van der Waals surface area contributed by atoms with Crippen molar-refractivity contribution in [2.24, 2.45) is 5.92 Å². The first-order valence-corrected chi connectivity index (χ1v) is 6.75. The van der Waals surface area contributed by atoms with E-state index in [0.29, 0.717) is 18.0 Å². The molecule has 1 aliphatic carbocycles. The van der Waals surface area contributed by atoms with Gasteiger partial charge in [0.1, 0.15) is 0 Å². The SMILES string of the molecule is COC(=O)c1ccccc1CNCC1CCC(O)C1. The van der Waals surface area contributed by atoms with Gasteiger partial charge in [-0.3, -0.25) is 0 Å². The fourth-order valence-corrected chi connectivity index (χ4v) is 2.63. The van der Waals surface area contributed by atoms with E-state index < -0.39 is 0 Å². The van der Waals surface area contributed by atoms with Crippen molar-refractivity contribution in [1.29, 1.82) is 0 Å². The second-order valence-corrected chi connectivity index (χ2v) is 5.11. The summed E-state index contributed by atoms with van der Waals surface area (Å²) >= 11 is 0. The van der Waals surface area contributed by atoms with Crippen LogP contribution in [0.5, 0.6) is 0 Å². The average molecular weight is 263 g/mol. The van der Waals surface area contributed by atoms with Crippen molar-refractivity contribution in [3.05, 3.63) is 35.4 Å². The lowest BCUT2D eigenvalue weighted by atomic mass is 10.1. The molecule has 0 saturated heterocycles. The highest BCUT2D eigenvalue weighted by atomic mass is 16.5. The molecule has 0 radical (unpaired) electrons. The van der Waals surface area contributed by atoms with Gasteiger partial charge in [0.15, 0.2) is 0 Å². The zero-order chi connectivity index (χ0) is 13.7. The topological polar surface area (TPSA) is 58.6 Å². The highest BCUT2D eigenvalue weighted by molar-refractivity contribution is 5.90. The molecule has 2 N–H and O–H groups in total. The molecule has 2 unspecified atom stereocenters. The van der Waals surface area contributed by atoms with Gasteiger partial charge in [0.2, 0.25) is 0 Å². The molecular formula is C15H21NO3. The van der Waals surface area contributed by atoms with E-state index in [1.807, 2.05) is 18.2 Å². The first kappa shape index (κ1) is 14.0. The molecule has 1 aromatic carbocycles. The summed E-state index contributed by atoms with van der Waals surface area (Å²) < 4.78 is 4.77. The molecule has 0 bridgehead atoms. The Labute approximate surface area is 113 Å². The van der Waals surface area contributed by atoms with Gasteiger partial charge in [-0.05, 0) is 43.4 Å². The molecule has 4 nitrogen and oxygen atoms in total. The van der Waals surface area contributed by atoms with Crippen molar-refractivity contribution in [3.8, 4) is 0 Å². The van der Waals surface area contributed by atoms with Crippen LogP contribution in [0.15, 0.2) is 24.3 Å². The van der Waals surface area contributed by atoms with Crippen molar-refractivity contribution >= 4 is 5.97 Å². The summed E-state index contributed by atoms with van der Waals surface area (Å²) in [5.74, 6) is 0.244. The van der Waals surface area contributed by atoms with Gasteiger partial charge in [0.05, 0.1) is 18.8 Å². The van der Waals surface area contributed by atoms with Gasteiger partial charge < -0.3 is 15.2 Å². The van der Waals surface area contributed by atoms with Gasteiger partial charge in [0, 0.05) is 6.54 Å². The molecule has 4 heteroatoms. The van der Waals surface area contributed by atoms with Gasteiger partial charge in [-0.2, -0.15) is 0 Å². The molecule has 0 heterocycles. The molecule has 1 aromatic rings. The van der Waals surface area contributed by atoms with E-state index in [-0.39, 0.29) is 12.1 Å². The smallest absolute Gasteiger partial charge is 0.338 e. The lowest BCUT2D eigenvalue weighted by Gasteiger charge is -2.12. The number of hydrogen-bond donors (Lipinski definition) is 2. The maximum absolute atomic E-state index is 11.6. The van der Waals surface area contributed by atoms with E-state index >= 15 is 0 Å². The van der Waals surface area contributed by atoms with E-state index in [2.05, 4.69) is 5.32 Å². The van der Waals surface area contributed by atoms with Crippen LogP contribution in [0.1, 0.15) is 35.2 Å². The van der Waals surface area contributed by atoms with E-state index in [4.69, 9.17) is 4.74 Å². The summed E-state index contributed by atoms with van der Waals surface area (Å²) in [6.45, 7) is 1.53. The Bertz CT molecular complexity index is 433. The van der Waals surface area contributed by atoms with E-state index in [9.17, 15) is 9.90 Å². The van der Waals surface area contributed by atoms with Crippen LogP contribution in [-0.4, -0.2) is 30.8 Å². The molecule has 0 amide bonds. The lowest BCUT2D eigenvalue weighted by Crippen LogP contribution is -2.22. The Morgan fingerprint density at radius 1 is 1.42 bits per heavy atom. The summed E-state index contributed by atoms with van der Waals surface area (Å²) in [6.07, 6.45) is 2.73. The number of esters is 1. The molecule has 2 rings (SSSR count). The van der Waals surface area contributed by atoms with E-state index in [1.165, 1.54) is 7.11 Å². The van der Waals surface area contributed by atoms with Gasteiger partial charge in [-0.15, -0.1) is 0 Å². The largest absolute Gasteiger partial charge is 0.465 e. The predicted molar refractivity (Wildman–Crippen MR) is 72.8 cm³/mol. The lowest BCUT2D eigenvalue weighted by molar-refractivity contribution is 0.0599. The maximum Gasteiger partial charge on any atom is 0.338 e. The number of carbonyl (C=O) groups is 1. The highest BCUT2D eigenvalue weighted by Gasteiger charge is 2.22. The number of aliphatic hydroxyl groups is 1. The normalized spacial score (nSPS) is 22.4. The average Bonchev–Trinajstić information content (AvgIpc) is 2.84. The molecule has 19 heavy (non-hydrogen) atoms. The molecule has 0 aliphatic heterocycles. The minimum atomic E-state index is -0.298. The molecule has 1 fully saturated rings. The number of aliphatic hydroxyl groups excluding tert-OH is 1. The number of carbonyl (C=O) groups excluding carboxylic acids is 1. The molecule has 1 aliphatic rings. The minimum Gasteiger partial charge on any atom is -0.465 e. The van der Waals surface area contributed by atoms with Crippen molar-refractivity contribution < 1.29 is 14.6 Å². The Hall–Kier alpha value is -1.39. The number of rotatable bonds is 5.